The molecule has 116 valence electrons. The molecule has 0 heterocycles. The molecule has 0 aliphatic heterocycles. The van der Waals surface area contributed by atoms with Crippen LogP contribution in [0, 0.1) is 0 Å². The van der Waals surface area contributed by atoms with Gasteiger partial charge >= 0.3 is 17.9 Å². The third kappa shape index (κ3) is 9.76. The topological polar surface area (TPSA) is 196 Å². The second-order valence-corrected chi connectivity index (χ2v) is 4.94. The highest BCUT2D eigenvalue weighted by molar-refractivity contribution is 5.71. The number of rotatable bonds is 9. The van der Waals surface area contributed by atoms with Gasteiger partial charge < -0.3 is 4.48 Å². The molecular weight excluding hydrogens is 260 g/mol. The smallest absolute Gasteiger partial charge is 0.318 e. The third-order valence-corrected chi connectivity index (χ3v) is 2.94. The third-order valence-electron chi connectivity index (χ3n) is 2.94. The molecule has 0 aromatic carbocycles. The van der Waals surface area contributed by atoms with Gasteiger partial charge in [-0.25, -0.2) is 0 Å². The summed E-state index contributed by atoms with van der Waals surface area (Å²) in [5, 5.41) is 8.29. The molecule has 0 fully saturated rings. The second kappa shape index (κ2) is 8.80. The normalized spacial score (nSPS) is 10.7. The fourth-order valence-corrected chi connectivity index (χ4v) is 1.75. The average molecular weight is 290 g/mol. The van der Waals surface area contributed by atoms with Crippen LogP contribution in [0.1, 0.15) is 0 Å². The van der Waals surface area contributed by atoms with Crippen molar-refractivity contribution in [3.63, 3.8) is 0 Å². The summed E-state index contributed by atoms with van der Waals surface area (Å²) in [6.45, 7) is 4.50. The summed E-state index contributed by atoms with van der Waals surface area (Å²) in [6, 6.07) is 0. The zero-order chi connectivity index (χ0) is 15.6. The van der Waals surface area contributed by atoms with Gasteiger partial charge in [-0.2, -0.15) is 0 Å². The molecule has 0 radical (unpaired) electrons. The summed E-state index contributed by atoms with van der Waals surface area (Å²) in [7, 11) is 2.11. The minimum atomic E-state index is 0.215. The van der Waals surface area contributed by atoms with Crippen LogP contribution in [-0.4, -0.2) is 68.7 Å². The zero-order valence-corrected chi connectivity index (χ0v) is 12.2. The number of likely N-dealkylation sites (N-methyl/N-ethyl adjacent to an activating group) is 1. The van der Waals surface area contributed by atoms with Gasteiger partial charge in [-0.1, -0.05) is 0 Å². The SMILES string of the molecule is C[N+](CCNC(N)=[NH2+])(CC[NH+]=C(N)N)CC[NH+]=C(N)N. The molecule has 20 heavy (non-hydrogen) atoms. The van der Waals surface area contributed by atoms with Gasteiger partial charge in [0, 0.05) is 0 Å². The maximum atomic E-state index is 5.38. The Morgan fingerprint density at radius 3 is 1.75 bits per heavy atom. The lowest BCUT2D eigenvalue weighted by Gasteiger charge is -2.32. The van der Waals surface area contributed by atoms with Crippen LogP contribution in [0.15, 0.2) is 0 Å². The first-order chi connectivity index (χ1) is 9.25. The number of quaternary nitrogens is 1. The second-order valence-electron chi connectivity index (χ2n) is 4.94. The van der Waals surface area contributed by atoms with E-state index in [1.165, 1.54) is 0 Å². The van der Waals surface area contributed by atoms with Gasteiger partial charge in [0.05, 0.1) is 7.05 Å². The van der Waals surface area contributed by atoms with Gasteiger partial charge in [-0.15, -0.1) is 0 Å². The quantitative estimate of drug-likeness (QED) is 0.115. The molecule has 0 aliphatic carbocycles. The van der Waals surface area contributed by atoms with Crippen molar-refractivity contribution >= 4 is 17.9 Å². The maximum absolute atomic E-state index is 5.38. The highest BCUT2D eigenvalue weighted by atomic mass is 15.3. The molecule has 0 unspecified atom stereocenters. The number of guanidine groups is 3. The molecule has 10 heteroatoms. The zero-order valence-electron chi connectivity index (χ0n) is 12.2. The summed E-state index contributed by atoms with van der Waals surface area (Å²) >= 11 is 0. The van der Waals surface area contributed by atoms with E-state index < -0.39 is 0 Å². The summed E-state index contributed by atoms with van der Waals surface area (Å²) in [5.74, 6) is 0.644. The molecule has 0 saturated heterocycles. The van der Waals surface area contributed by atoms with Crippen molar-refractivity contribution in [1.29, 1.82) is 0 Å². The number of nitrogens with two attached hydrogens (primary N) is 6. The molecule has 0 saturated carbocycles. The molecule has 0 atom stereocenters. The van der Waals surface area contributed by atoms with Crippen molar-refractivity contribution in [2.45, 2.75) is 0 Å². The van der Waals surface area contributed by atoms with Gasteiger partial charge in [0.1, 0.15) is 39.3 Å². The van der Waals surface area contributed by atoms with Crippen molar-refractivity contribution < 1.29 is 19.9 Å². The van der Waals surface area contributed by atoms with Crippen molar-refractivity contribution in [3.8, 4) is 0 Å². The number of hydrogen-bond donors (Lipinski definition) is 9. The van der Waals surface area contributed by atoms with E-state index in [2.05, 4.69) is 22.3 Å². The van der Waals surface area contributed by atoms with Crippen LogP contribution in [-0.2, 0) is 0 Å². The Kier molecular flexibility index (Phi) is 7.82. The van der Waals surface area contributed by atoms with E-state index in [1.54, 1.807) is 0 Å². The number of hydrogen-bond acceptors (Lipinski definition) is 0. The molecule has 10 nitrogen and oxygen atoms in total. The Labute approximate surface area is 119 Å². The average Bonchev–Trinajstić information content (AvgIpc) is 2.27. The van der Waals surface area contributed by atoms with Gasteiger partial charge in [-0.3, -0.25) is 49.4 Å². The van der Waals surface area contributed by atoms with Gasteiger partial charge in [0.2, 0.25) is 0 Å². The van der Waals surface area contributed by atoms with Crippen LogP contribution in [0.5, 0.6) is 0 Å². The molecular formula is C10H30N10+4. The van der Waals surface area contributed by atoms with Crippen molar-refractivity contribution in [3.05, 3.63) is 0 Å². The van der Waals surface area contributed by atoms with Crippen LogP contribution in [0.4, 0.5) is 0 Å². The Balaban J connectivity index is 4.44. The number of nitrogens with zero attached hydrogens (tertiary/aromatic N) is 1. The van der Waals surface area contributed by atoms with Crippen LogP contribution >= 0.6 is 0 Å². The van der Waals surface area contributed by atoms with Crippen LogP contribution in [0.2, 0.25) is 0 Å². The lowest BCUT2D eigenvalue weighted by molar-refractivity contribution is -0.920. The van der Waals surface area contributed by atoms with Crippen molar-refractivity contribution in [1.82, 2.24) is 5.32 Å². The standard InChI is InChI=1S/C10H27N10/c1-20(5-2-17-8(11)12,6-3-18-9(13)14)7-4-19-10(15)16/h2-7H2,1H3,(H4,11,12,17)(H4,13,14,18)(H4,15,16,19)/q+1/p+3. The molecule has 0 aromatic heterocycles. The molecule has 0 bridgehead atoms. The lowest BCUT2D eigenvalue weighted by atomic mass is 10.3. The van der Waals surface area contributed by atoms with E-state index in [1.807, 2.05) is 0 Å². The van der Waals surface area contributed by atoms with E-state index >= 15 is 0 Å². The first-order valence-corrected chi connectivity index (χ1v) is 6.44. The minimum Gasteiger partial charge on any atom is -0.318 e. The van der Waals surface area contributed by atoms with Gasteiger partial charge in [0.15, 0.2) is 0 Å². The van der Waals surface area contributed by atoms with Gasteiger partial charge in [-0.05, 0) is 0 Å². The first-order valence-electron chi connectivity index (χ1n) is 6.44. The van der Waals surface area contributed by atoms with Crippen LogP contribution < -0.4 is 49.4 Å². The highest BCUT2D eigenvalue weighted by Crippen LogP contribution is 1.97. The van der Waals surface area contributed by atoms with Gasteiger partial charge in [0.25, 0.3) is 0 Å². The maximum Gasteiger partial charge on any atom is 0.338 e. The highest BCUT2D eigenvalue weighted by Gasteiger charge is 2.22. The van der Waals surface area contributed by atoms with Crippen molar-refractivity contribution in [2.24, 2.45) is 28.7 Å². The summed E-state index contributed by atoms with van der Waals surface area (Å²) in [5.41, 5.74) is 26.9. The summed E-state index contributed by atoms with van der Waals surface area (Å²) in [4.78, 5) is 5.81. The molecule has 0 aliphatic rings. The van der Waals surface area contributed by atoms with E-state index in [-0.39, 0.29) is 17.9 Å². The molecule has 15 N–H and O–H groups in total. The fraction of sp³-hybridized carbons (Fsp3) is 0.700. The molecule has 0 spiro atoms. The van der Waals surface area contributed by atoms with Crippen LogP contribution in [0.25, 0.3) is 0 Å². The largest absolute Gasteiger partial charge is 0.338 e. The minimum absolute atomic E-state index is 0.215. The Bertz CT molecular complexity index is 331. The molecule has 0 aromatic rings. The lowest BCUT2D eigenvalue weighted by Crippen LogP contribution is -2.82. The molecule has 0 amide bonds. The predicted molar refractivity (Wildman–Crippen MR) is 78.3 cm³/mol. The molecule has 0 rings (SSSR count). The summed E-state index contributed by atoms with van der Waals surface area (Å²) < 4.78 is 0.751. The van der Waals surface area contributed by atoms with E-state index in [0.717, 1.165) is 24.1 Å². The summed E-state index contributed by atoms with van der Waals surface area (Å²) in [6.07, 6.45) is 0. The predicted octanol–water partition coefficient (Wildman–Crippen LogP) is -9.20. The van der Waals surface area contributed by atoms with E-state index in [0.29, 0.717) is 19.6 Å². The monoisotopic (exact) mass is 290 g/mol. The Hall–Kier alpha value is -2.23. The fourth-order valence-electron chi connectivity index (χ4n) is 1.75. The first kappa shape index (κ1) is 17.8. The van der Waals surface area contributed by atoms with E-state index in [9.17, 15) is 0 Å². The Morgan fingerprint density at radius 1 is 0.950 bits per heavy atom. The van der Waals surface area contributed by atoms with E-state index in [4.69, 9.17) is 34.1 Å². The number of nitrogens with one attached hydrogen (secondary N) is 3. The van der Waals surface area contributed by atoms with Crippen LogP contribution in [0.3, 0.4) is 0 Å². The Morgan fingerprint density at radius 2 is 1.40 bits per heavy atom. The van der Waals surface area contributed by atoms with Crippen molar-refractivity contribution in [2.75, 3.05) is 46.3 Å².